The first kappa shape index (κ1) is 13.1. The van der Waals surface area contributed by atoms with Gasteiger partial charge in [-0.05, 0) is 43.5 Å². The molecule has 1 atom stereocenters. The Kier molecular flexibility index (Phi) is 4.33. The summed E-state index contributed by atoms with van der Waals surface area (Å²) in [5.41, 5.74) is 1.48. The summed E-state index contributed by atoms with van der Waals surface area (Å²) in [7, 11) is 1.95. The second-order valence-corrected chi connectivity index (χ2v) is 4.64. The Labute approximate surface area is 107 Å². The van der Waals surface area contributed by atoms with Crippen molar-refractivity contribution in [2.45, 2.75) is 18.9 Å². The molecule has 0 aromatic heterocycles. The molecule has 4 nitrogen and oxygen atoms in total. The minimum Gasteiger partial charge on any atom is -0.478 e. The number of benzene rings is 1. The van der Waals surface area contributed by atoms with Gasteiger partial charge < -0.3 is 15.2 Å². The molecular weight excluding hydrogens is 230 g/mol. The van der Waals surface area contributed by atoms with Gasteiger partial charge in [0, 0.05) is 19.3 Å². The van der Waals surface area contributed by atoms with E-state index in [0.29, 0.717) is 11.5 Å². The first-order chi connectivity index (χ1) is 8.72. The first-order valence-electron chi connectivity index (χ1n) is 6.30. The molecule has 1 unspecified atom stereocenters. The van der Waals surface area contributed by atoms with E-state index in [-0.39, 0.29) is 6.04 Å². The van der Waals surface area contributed by atoms with Gasteiger partial charge in [0.1, 0.15) is 0 Å². The monoisotopic (exact) mass is 249 g/mol. The van der Waals surface area contributed by atoms with Crippen molar-refractivity contribution in [2.24, 2.45) is 5.92 Å². The van der Waals surface area contributed by atoms with Crippen LogP contribution in [0, 0.1) is 5.92 Å². The summed E-state index contributed by atoms with van der Waals surface area (Å²) in [6.45, 7) is 1.63. The van der Waals surface area contributed by atoms with Gasteiger partial charge in [-0.1, -0.05) is 12.1 Å². The van der Waals surface area contributed by atoms with Crippen molar-refractivity contribution in [1.29, 1.82) is 0 Å². The molecule has 0 bridgehead atoms. The predicted molar refractivity (Wildman–Crippen MR) is 68.7 cm³/mol. The van der Waals surface area contributed by atoms with Gasteiger partial charge in [-0.3, -0.25) is 0 Å². The van der Waals surface area contributed by atoms with Crippen LogP contribution >= 0.6 is 0 Å². The zero-order valence-corrected chi connectivity index (χ0v) is 10.6. The SMILES string of the molecule is CNC(c1ccc(C(=O)O)cc1)C1CCOCC1. The number of ether oxygens (including phenoxy) is 1. The lowest BCUT2D eigenvalue weighted by Gasteiger charge is -2.30. The van der Waals surface area contributed by atoms with Crippen LogP contribution in [0.15, 0.2) is 24.3 Å². The molecule has 1 aromatic carbocycles. The topological polar surface area (TPSA) is 58.6 Å². The van der Waals surface area contributed by atoms with Gasteiger partial charge in [0.25, 0.3) is 0 Å². The predicted octanol–water partition coefficient (Wildman–Crippen LogP) is 2.07. The third-order valence-corrected chi connectivity index (χ3v) is 3.57. The Morgan fingerprint density at radius 1 is 1.33 bits per heavy atom. The third kappa shape index (κ3) is 2.89. The zero-order valence-electron chi connectivity index (χ0n) is 10.6. The molecule has 0 spiro atoms. The molecule has 1 aliphatic rings. The average Bonchev–Trinajstić information content (AvgIpc) is 2.41. The van der Waals surface area contributed by atoms with Crippen molar-refractivity contribution in [1.82, 2.24) is 5.32 Å². The van der Waals surface area contributed by atoms with Gasteiger partial charge in [-0.15, -0.1) is 0 Å². The first-order valence-corrected chi connectivity index (χ1v) is 6.30. The Morgan fingerprint density at radius 3 is 2.44 bits per heavy atom. The van der Waals surface area contributed by atoms with Gasteiger partial charge in [0.15, 0.2) is 0 Å². The van der Waals surface area contributed by atoms with E-state index < -0.39 is 5.97 Å². The minimum atomic E-state index is -0.881. The fourth-order valence-corrected chi connectivity index (χ4v) is 2.56. The van der Waals surface area contributed by atoms with E-state index in [1.165, 1.54) is 0 Å². The maximum Gasteiger partial charge on any atom is 0.335 e. The highest BCUT2D eigenvalue weighted by atomic mass is 16.5. The largest absolute Gasteiger partial charge is 0.478 e. The summed E-state index contributed by atoms with van der Waals surface area (Å²) in [4.78, 5) is 10.8. The average molecular weight is 249 g/mol. The molecule has 0 saturated carbocycles. The maximum atomic E-state index is 10.8. The van der Waals surface area contributed by atoms with E-state index in [2.05, 4.69) is 5.32 Å². The number of nitrogens with one attached hydrogen (secondary N) is 1. The number of rotatable bonds is 4. The Morgan fingerprint density at radius 2 is 1.94 bits per heavy atom. The second-order valence-electron chi connectivity index (χ2n) is 4.64. The van der Waals surface area contributed by atoms with Crippen LogP contribution in [0.25, 0.3) is 0 Å². The van der Waals surface area contributed by atoms with Crippen LogP contribution in [0.5, 0.6) is 0 Å². The second kappa shape index (κ2) is 5.98. The summed E-state index contributed by atoms with van der Waals surface area (Å²) in [6, 6.07) is 7.42. The molecule has 0 aliphatic carbocycles. The summed E-state index contributed by atoms with van der Waals surface area (Å²) in [5, 5.41) is 12.2. The molecular formula is C14H19NO3. The molecule has 1 heterocycles. The highest BCUT2D eigenvalue weighted by molar-refractivity contribution is 5.87. The molecule has 1 fully saturated rings. The van der Waals surface area contributed by atoms with Gasteiger partial charge >= 0.3 is 5.97 Å². The zero-order chi connectivity index (χ0) is 13.0. The molecule has 1 aromatic rings. The molecule has 0 amide bonds. The lowest BCUT2D eigenvalue weighted by Crippen LogP contribution is -2.30. The van der Waals surface area contributed by atoms with E-state index in [9.17, 15) is 4.79 Å². The number of hydrogen-bond donors (Lipinski definition) is 2. The Hall–Kier alpha value is -1.39. The molecule has 4 heteroatoms. The van der Waals surface area contributed by atoms with E-state index in [1.54, 1.807) is 12.1 Å². The van der Waals surface area contributed by atoms with E-state index in [4.69, 9.17) is 9.84 Å². The van der Waals surface area contributed by atoms with Crippen LogP contribution < -0.4 is 5.32 Å². The molecule has 98 valence electrons. The van der Waals surface area contributed by atoms with Crippen LogP contribution in [0.3, 0.4) is 0 Å². The van der Waals surface area contributed by atoms with Crippen molar-refractivity contribution >= 4 is 5.97 Å². The Bertz CT molecular complexity index is 396. The van der Waals surface area contributed by atoms with Gasteiger partial charge in [-0.25, -0.2) is 4.79 Å². The minimum absolute atomic E-state index is 0.275. The quantitative estimate of drug-likeness (QED) is 0.857. The fraction of sp³-hybridized carbons (Fsp3) is 0.500. The van der Waals surface area contributed by atoms with Crippen molar-refractivity contribution in [3.63, 3.8) is 0 Å². The molecule has 18 heavy (non-hydrogen) atoms. The third-order valence-electron chi connectivity index (χ3n) is 3.57. The summed E-state index contributed by atoms with van der Waals surface area (Å²) in [6.07, 6.45) is 2.10. The highest BCUT2D eigenvalue weighted by Gasteiger charge is 2.24. The van der Waals surface area contributed by atoms with Crippen molar-refractivity contribution in [2.75, 3.05) is 20.3 Å². The van der Waals surface area contributed by atoms with Crippen LogP contribution in [0.2, 0.25) is 0 Å². The van der Waals surface area contributed by atoms with Crippen molar-refractivity contribution in [3.05, 3.63) is 35.4 Å². The van der Waals surface area contributed by atoms with Gasteiger partial charge in [-0.2, -0.15) is 0 Å². The highest BCUT2D eigenvalue weighted by Crippen LogP contribution is 2.29. The standard InChI is InChI=1S/C14H19NO3/c1-15-13(11-6-8-18-9-7-11)10-2-4-12(5-3-10)14(16)17/h2-5,11,13,15H,6-9H2,1H3,(H,16,17). The van der Waals surface area contributed by atoms with E-state index in [1.807, 2.05) is 19.2 Å². The van der Waals surface area contributed by atoms with Crippen LogP contribution in [-0.4, -0.2) is 31.3 Å². The lowest BCUT2D eigenvalue weighted by atomic mass is 9.87. The summed E-state index contributed by atoms with van der Waals surface area (Å²) >= 11 is 0. The number of carboxylic acid groups (broad SMARTS) is 1. The molecule has 2 rings (SSSR count). The summed E-state index contributed by atoms with van der Waals surface area (Å²) in [5.74, 6) is -0.326. The normalized spacial score (nSPS) is 18.5. The maximum absolute atomic E-state index is 10.8. The van der Waals surface area contributed by atoms with Crippen LogP contribution in [0.4, 0.5) is 0 Å². The van der Waals surface area contributed by atoms with Crippen molar-refractivity contribution < 1.29 is 14.6 Å². The van der Waals surface area contributed by atoms with Gasteiger partial charge in [0.2, 0.25) is 0 Å². The number of hydrogen-bond acceptors (Lipinski definition) is 3. The molecule has 1 aliphatic heterocycles. The van der Waals surface area contributed by atoms with Crippen LogP contribution in [-0.2, 0) is 4.74 Å². The lowest BCUT2D eigenvalue weighted by molar-refractivity contribution is 0.0546. The number of carboxylic acids is 1. The molecule has 1 saturated heterocycles. The Balaban J connectivity index is 2.13. The van der Waals surface area contributed by atoms with E-state index >= 15 is 0 Å². The van der Waals surface area contributed by atoms with Gasteiger partial charge in [0.05, 0.1) is 5.56 Å². The molecule has 2 N–H and O–H groups in total. The van der Waals surface area contributed by atoms with Crippen LogP contribution in [0.1, 0.15) is 34.8 Å². The van der Waals surface area contributed by atoms with Crippen molar-refractivity contribution in [3.8, 4) is 0 Å². The van der Waals surface area contributed by atoms with E-state index in [0.717, 1.165) is 31.6 Å². The number of carbonyl (C=O) groups is 1. The summed E-state index contributed by atoms with van der Waals surface area (Å²) < 4.78 is 5.38. The number of aromatic carboxylic acids is 1. The fourth-order valence-electron chi connectivity index (χ4n) is 2.56. The smallest absolute Gasteiger partial charge is 0.335 e. The molecule has 0 radical (unpaired) electrons.